The number of amides is 2. The predicted molar refractivity (Wildman–Crippen MR) is 239 cm³/mol. The first-order chi connectivity index (χ1) is 28.4. The minimum Gasteiger partial charge on any atom is -0.458 e. The van der Waals surface area contributed by atoms with E-state index >= 15 is 0 Å². The summed E-state index contributed by atoms with van der Waals surface area (Å²) in [5, 5.41) is 5.68. The van der Waals surface area contributed by atoms with Gasteiger partial charge in [-0.25, -0.2) is 9.59 Å². The summed E-state index contributed by atoms with van der Waals surface area (Å²) in [7, 11) is -1.83. The van der Waals surface area contributed by atoms with Crippen molar-refractivity contribution in [3.8, 4) is 11.1 Å². The molecule has 0 aliphatic heterocycles. The number of aryl methyl sites for hydroxylation is 2. The van der Waals surface area contributed by atoms with Gasteiger partial charge in [0.25, 0.3) is 0 Å². The van der Waals surface area contributed by atoms with Gasteiger partial charge in [0, 0.05) is 26.0 Å². The molecule has 11 nitrogen and oxygen atoms in total. The number of carbonyl (C=O) groups excluding carboxylic acids is 4. The van der Waals surface area contributed by atoms with E-state index in [9.17, 15) is 19.2 Å². The second kappa shape index (κ2) is 24.8. The summed E-state index contributed by atoms with van der Waals surface area (Å²) >= 11 is 0. The fourth-order valence-electron chi connectivity index (χ4n) is 5.89. The first kappa shape index (κ1) is 50.0. The largest absolute Gasteiger partial charge is 0.458 e. The third kappa shape index (κ3) is 18.9. The van der Waals surface area contributed by atoms with Crippen molar-refractivity contribution in [2.24, 2.45) is 0 Å². The number of alkyl carbamates (subject to hydrolysis) is 1. The number of benzene rings is 3. The standard InChI is InChI=1S/C48H70N2O9Si/c1-10-36-22-26-42(39-23-20-38(21-24-39)34-58-60(8,9)48(5,6)7)40(32-36)18-14-28-49-44(52)35-56-31-30-55-29-15-19-41(51)25-27-43(45(53)59-47(2,3)4)50-46(54)57-33-37-16-12-11-13-17-37/h11-13,16-17,20-24,26,32,43H,10,14-15,18-19,25,27-31,33-35H2,1-9H3,(H,49,52)(H,50,54). The van der Waals surface area contributed by atoms with Crippen LogP contribution in [0.5, 0.6) is 0 Å². The van der Waals surface area contributed by atoms with Crippen molar-refractivity contribution in [2.45, 2.75) is 136 Å². The maximum atomic E-state index is 12.8. The highest BCUT2D eigenvalue weighted by atomic mass is 28.4. The van der Waals surface area contributed by atoms with E-state index in [1.807, 2.05) is 30.3 Å². The zero-order valence-corrected chi connectivity index (χ0v) is 38.6. The molecule has 60 heavy (non-hydrogen) atoms. The van der Waals surface area contributed by atoms with Crippen molar-refractivity contribution >= 4 is 32.1 Å². The molecule has 0 saturated carbocycles. The number of carbonyl (C=O) groups is 4. The van der Waals surface area contributed by atoms with Gasteiger partial charge in [-0.15, -0.1) is 0 Å². The van der Waals surface area contributed by atoms with Gasteiger partial charge >= 0.3 is 12.1 Å². The summed E-state index contributed by atoms with van der Waals surface area (Å²) in [6, 6.07) is 23.5. The second-order valence-corrected chi connectivity index (χ2v) is 22.5. The van der Waals surface area contributed by atoms with Gasteiger partial charge < -0.3 is 34.0 Å². The van der Waals surface area contributed by atoms with Crippen LogP contribution in [-0.4, -0.2) is 76.7 Å². The molecule has 3 aromatic rings. The molecule has 330 valence electrons. The summed E-state index contributed by atoms with van der Waals surface area (Å²) in [5.74, 6) is -0.870. The van der Waals surface area contributed by atoms with E-state index < -0.39 is 32.0 Å². The molecule has 0 spiro atoms. The Morgan fingerprint density at radius 2 is 1.42 bits per heavy atom. The molecular formula is C48H70N2O9Si. The molecule has 3 rings (SSSR count). The van der Waals surface area contributed by atoms with Crippen LogP contribution in [-0.2, 0) is 63.8 Å². The SMILES string of the molecule is CCc1ccc(-c2ccc(CO[Si](C)(C)C(C)(C)C)cc2)c(CCCNC(=O)COCCOCCCC(=O)CCC(NC(=O)OCc2ccccc2)C(=O)OC(C)(C)C)c1. The normalized spacial score (nSPS) is 12.4. The highest BCUT2D eigenvalue weighted by Crippen LogP contribution is 2.37. The summed E-state index contributed by atoms with van der Waals surface area (Å²) in [6.07, 6.45) is 2.73. The van der Waals surface area contributed by atoms with Gasteiger partial charge in [0.1, 0.15) is 30.6 Å². The number of esters is 1. The van der Waals surface area contributed by atoms with E-state index in [1.165, 1.54) is 27.8 Å². The van der Waals surface area contributed by atoms with Gasteiger partial charge in [-0.1, -0.05) is 100 Å². The number of ether oxygens (including phenoxy) is 4. The number of rotatable bonds is 25. The van der Waals surface area contributed by atoms with Gasteiger partial charge in [0.05, 0.1) is 19.8 Å². The summed E-state index contributed by atoms with van der Waals surface area (Å²) < 4.78 is 28.3. The molecule has 3 aromatic carbocycles. The Balaban J connectivity index is 1.30. The average molecular weight is 847 g/mol. The van der Waals surface area contributed by atoms with Gasteiger partial charge in [-0.3, -0.25) is 9.59 Å². The van der Waals surface area contributed by atoms with Crippen LogP contribution < -0.4 is 10.6 Å². The fraction of sp³-hybridized carbons (Fsp3) is 0.542. The molecule has 0 bridgehead atoms. The molecule has 0 aromatic heterocycles. The molecule has 0 radical (unpaired) electrons. The first-order valence-corrected chi connectivity index (χ1v) is 24.3. The Hall–Kier alpha value is -4.36. The minimum absolute atomic E-state index is 0.0488. The van der Waals surface area contributed by atoms with Crippen molar-refractivity contribution in [2.75, 3.05) is 33.0 Å². The van der Waals surface area contributed by atoms with Crippen LogP contribution in [0, 0.1) is 0 Å². The van der Waals surface area contributed by atoms with Crippen molar-refractivity contribution in [1.82, 2.24) is 10.6 Å². The van der Waals surface area contributed by atoms with E-state index in [4.69, 9.17) is 23.4 Å². The second-order valence-electron chi connectivity index (χ2n) is 17.7. The van der Waals surface area contributed by atoms with E-state index in [2.05, 4.69) is 93.9 Å². The van der Waals surface area contributed by atoms with Crippen LogP contribution in [0.4, 0.5) is 4.79 Å². The Kier molecular flexibility index (Phi) is 20.7. The third-order valence-corrected chi connectivity index (χ3v) is 14.9. The number of ketones is 1. The van der Waals surface area contributed by atoms with Crippen molar-refractivity contribution in [3.05, 3.63) is 95.1 Å². The minimum atomic E-state index is -1.83. The molecule has 1 unspecified atom stereocenters. The van der Waals surface area contributed by atoms with E-state index in [0.717, 1.165) is 24.8 Å². The van der Waals surface area contributed by atoms with Crippen LogP contribution in [0.2, 0.25) is 18.1 Å². The summed E-state index contributed by atoms with van der Waals surface area (Å²) in [4.78, 5) is 50.3. The predicted octanol–water partition coefficient (Wildman–Crippen LogP) is 9.29. The molecule has 2 N–H and O–H groups in total. The van der Waals surface area contributed by atoms with Crippen LogP contribution >= 0.6 is 0 Å². The average Bonchev–Trinajstić information content (AvgIpc) is 3.20. The molecule has 1 atom stereocenters. The Bertz CT molecular complexity index is 1780. The summed E-state index contributed by atoms with van der Waals surface area (Å²) in [6.45, 7) is 20.7. The van der Waals surface area contributed by atoms with Gasteiger partial charge in [-0.05, 0) is 104 Å². The number of hydrogen-bond donors (Lipinski definition) is 2. The van der Waals surface area contributed by atoms with Crippen LogP contribution in [0.1, 0.15) is 103 Å². The fourth-order valence-corrected chi connectivity index (χ4v) is 6.85. The van der Waals surface area contributed by atoms with E-state index in [0.29, 0.717) is 32.8 Å². The zero-order chi connectivity index (χ0) is 44.2. The number of Topliss-reactive ketones (excluding diaryl/α,β-unsaturated/α-hetero) is 1. The maximum Gasteiger partial charge on any atom is 0.408 e. The smallest absolute Gasteiger partial charge is 0.408 e. The lowest BCUT2D eigenvalue weighted by Crippen LogP contribution is -2.44. The highest BCUT2D eigenvalue weighted by molar-refractivity contribution is 6.74. The quantitative estimate of drug-likeness (QED) is 0.0486. The molecule has 2 amide bonds. The Morgan fingerprint density at radius 3 is 2.08 bits per heavy atom. The van der Waals surface area contributed by atoms with Crippen molar-refractivity contribution in [1.29, 1.82) is 0 Å². The van der Waals surface area contributed by atoms with Crippen LogP contribution in [0.25, 0.3) is 11.1 Å². The third-order valence-electron chi connectivity index (χ3n) is 10.5. The molecule has 12 heteroatoms. The lowest BCUT2D eigenvalue weighted by Gasteiger charge is -2.36. The van der Waals surface area contributed by atoms with E-state index in [1.54, 1.807) is 20.8 Å². The first-order valence-electron chi connectivity index (χ1n) is 21.4. The molecule has 0 fully saturated rings. The molecule has 0 saturated heterocycles. The molecule has 0 aliphatic carbocycles. The van der Waals surface area contributed by atoms with Gasteiger partial charge in [0.2, 0.25) is 5.91 Å². The van der Waals surface area contributed by atoms with Gasteiger partial charge in [-0.2, -0.15) is 0 Å². The van der Waals surface area contributed by atoms with Crippen LogP contribution in [0.15, 0.2) is 72.8 Å². The lowest BCUT2D eigenvalue weighted by molar-refractivity contribution is -0.157. The van der Waals surface area contributed by atoms with Gasteiger partial charge in [0.15, 0.2) is 8.32 Å². The lowest BCUT2D eigenvalue weighted by atomic mass is 9.93. The molecular weight excluding hydrogens is 777 g/mol. The van der Waals surface area contributed by atoms with Crippen LogP contribution in [0.3, 0.4) is 0 Å². The Morgan fingerprint density at radius 1 is 0.750 bits per heavy atom. The monoisotopic (exact) mass is 846 g/mol. The number of nitrogens with one attached hydrogen (secondary N) is 2. The maximum absolute atomic E-state index is 12.8. The van der Waals surface area contributed by atoms with Crippen molar-refractivity contribution in [3.63, 3.8) is 0 Å². The number of hydrogen-bond acceptors (Lipinski definition) is 9. The highest BCUT2D eigenvalue weighted by Gasteiger charge is 2.37. The molecule has 0 heterocycles. The Labute approximate surface area is 359 Å². The van der Waals surface area contributed by atoms with Crippen molar-refractivity contribution < 1.29 is 42.6 Å². The zero-order valence-electron chi connectivity index (χ0n) is 37.6. The summed E-state index contributed by atoms with van der Waals surface area (Å²) in [5.41, 5.74) is 6.16. The molecule has 0 aliphatic rings. The van der Waals surface area contributed by atoms with E-state index in [-0.39, 0.29) is 55.8 Å². The topological polar surface area (TPSA) is 138 Å².